The van der Waals surface area contributed by atoms with Crippen LogP contribution in [0.3, 0.4) is 0 Å². The molecule has 2 aromatic heterocycles. The zero-order chi connectivity index (χ0) is 18.3. The molecule has 1 amide bonds. The zero-order valence-corrected chi connectivity index (χ0v) is 14.8. The molecule has 0 atom stereocenters. The van der Waals surface area contributed by atoms with E-state index in [-0.39, 0.29) is 5.91 Å². The summed E-state index contributed by atoms with van der Waals surface area (Å²) in [4.78, 5) is 17.6. The first-order valence-corrected chi connectivity index (χ1v) is 8.41. The van der Waals surface area contributed by atoms with Gasteiger partial charge in [0.05, 0.1) is 36.6 Å². The van der Waals surface area contributed by atoms with Gasteiger partial charge in [-0.25, -0.2) is 4.98 Å². The lowest BCUT2D eigenvalue weighted by molar-refractivity contribution is 0.102. The number of anilines is 1. The van der Waals surface area contributed by atoms with Gasteiger partial charge in [-0.1, -0.05) is 5.16 Å². The van der Waals surface area contributed by atoms with Crippen LogP contribution in [-0.2, 0) is 0 Å². The summed E-state index contributed by atoms with van der Waals surface area (Å²) in [7, 11) is 3.12. The van der Waals surface area contributed by atoms with E-state index in [0.717, 1.165) is 18.5 Å². The number of methoxy groups -OCH3 is 2. The average Bonchev–Trinajstić information content (AvgIpc) is 3.44. The summed E-state index contributed by atoms with van der Waals surface area (Å²) >= 11 is 0. The Morgan fingerprint density at radius 2 is 2.04 bits per heavy atom. The lowest BCUT2D eigenvalue weighted by Gasteiger charge is -2.12. The van der Waals surface area contributed by atoms with Crippen LogP contribution in [0.25, 0.3) is 11.1 Å². The van der Waals surface area contributed by atoms with Crippen molar-refractivity contribution in [1.82, 2.24) is 10.1 Å². The number of hydrogen-bond donors (Lipinski definition) is 1. The molecule has 1 saturated carbocycles. The van der Waals surface area contributed by atoms with Crippen LogP contribution in [0.2, 0.25) is 0 Å². The summed E-state index contributed by atoms with van der Waals surface area (Å²) in [6.45, 7) is 1.80. The van der Waals surface area contributed by atoms with Crippen molar-refractivity contribution in [3.05, 3.63) is 41.2 Å². The summed E-state index contributed by atoms with van der Waals surface area (Å²) < 4.78 is 15.9. The van der Waals surface area contributed by atoms with E-state index in [9.17, 15) is 4.79 Å². The fraction of sp³-hybridized carbons (Fsp3) is 0.316. The highest BCUT2D eigenvalue weighted by Gasteiger charge is 2.28. The number of hydrogen-bond acceptors (Lipinski definition) is 6. The summed E-state index contributed by atoms with van der Waals surface area (Å²) in [5.41, 5.74) is 2.94. The SMILES string of the molecule is COc1ccc(OC)c(NC(=O)c2cc(C3CC3)nc3onc(C)c23)c1. The molecule has 0 saturated heterocycles. The van der Waals surface area contributed by atoms with Crippen LogP contribution in [0, 0.1) is 6.92 Å². The molecule has 7 nitrogen and oxygen atoms in total. The number of carbonyl (C=O) groups is 1. The predicted octanol–water partition coefficient (Wildman–Crippen LogP) is 3.68. The molecule has 1 aliphatic rings. The molecule has 26 heavy (non-hydrogen) atoms. The first-order chi connectivity index (χ1) is 12.6. The zero-order valence-electron chi connectivity index (χ0n) is 14.8. The molecule has 2 heterocycles. The van der Waals surface area contributed by atoms with E-state index < -0.39 is 0 Å². The fourth-order valence-electron chi connectivity index (χ4n) is 2.98. The number of aromatic nitrogens is 2. The van der Waals surface area contributed by atoms with Crippen LogP contribution >= 0.6 is 0 Å². The van der Waals surface area contributed by atoms with E-state index in [0.29, 0.717) is 45.5 Å². The third kappa shape index (κ3) is 2.85. The number of nitrogens with zero attached hydrogens (tertiary/aromatic N) is 2. The van der Waals surface area contributed by atoms with Gasteiger partial charge >= 0.3 is 0 Å². The van der Waals surface area contributed by atoms with Gasteiger partial charge in [0.2, 0.25) is 0 Å². The largest absolute Gasteiger partial charge is 0.497 e. The molecule has 3 aromatic rings. The third-order valence-electron chi connectivity index (χ3n) is 4.53. The monoisotopic (exact) mass is 353 g/mol. The molecular formula is C19H19N3O4. The van der Waals surface area contributed by atoms with E-state index in [1.807, 2.05) is 6.07 Å². The quantitative estimate of drug-likeness (QED) is 0.753. The maximum atomic E-state index is 13.0. The van der Waals surface area contributed by atoms with Crippen LogP contribution in [-0.4, -0.2) is 30.3 Å². The third-order valence-corrected chi connectivity index (χ3v) is 4.53. The van der Waals surface area contributed by atoms with Gasteiger partial charge in [-0.15, -0.1) is 0 Å². The number of benzene rings is 1. The molecule has 1 aliphatic carbocycles. The van der Waals surface area contributed by atoms with Crippen molar-refractivity contribution in [3.8, 4) is 11.5 Å². The molecule has 1 N–H and O–H groups in total. The smallest absolute Gasteiger partial charge is 0.259 e. The Labute approximate surface area is 150 Å². The van der Waals surface area contributed by atoms with E-state index in [4.69, 9.17) is 14.0 Å². The van der Waals surface area contributed by atoms with Crippen molar-refractivity contribution < 1.29 is 18.8 Å². The number of ether oxygens (including phenoxy) is 2. The van der Waals surface area contributed by atoms with Crippen molar-refractivity contribution in [1.29, 1.82) is 0 Å². The molecule has 0 aliphatic heterocycles. The number of pyridine rings is 1. The Balaban J connectivity index is 1.76. The number of rotatable bonds is 5. The second-order valence-corrected chi connectivity index (χ2v) is 6.34. The second-order valence-electron chi connectivity index (χ2n) is 6.34. The van der Waals surface area contributed by atoms with Gasteiger partial charge in [0.25, 0.3) is 11.6 Å². The summed E-state index contributed by atoms with van der Waals surface area (Å²) in [6, 6.07) is 7.08. The number of amides is 1. The fourth-order valence-corrected chi connectivity index (χ4v) is 2.98. The highest BCUT2D eigenvalue weighted by molar-refractivity contribution is 6.12. The van der Waals surface area contributed by atoms with Crippen LogP contribution < -0.4 is 14.8 Å². The molecule has 0 unspecified atom stereocenters. The first kappa shape index (κ1) is 16.4. The maximum Gasteiger partial charge on any atom is 0.259 e. The molecule has 134 valence electrons. The first-order valence-electron chi connectivity index (χ1n) is 8.41. The minimum Gasteiger partial charge on any atom is -0.497 e. The Bertz CT molecular complexity index is 992. The predicted molar refractivity (Wildman–Crippen MR) is 96.0 cm³/mol. The number of nitrogens with one attached hydrogen (secondary N) is 1. The molecule has 0 radical (unpaired) electrons. The molecule has 1 aromatic carbocycles. The molecule has 4 rings (SSSR count). The van der Waals surface area contributed by atoms with Crippen molar-refractivity contribution in [2.75, 3.05) is 19.5 Å². The normalized spacial score (nSPS) is 13.7. The van der Waals surface area contributed by atoms with Crippen molar-refractivity contribution in [3.63, 3.8) is 0 Å². The molecular weight excluding hydrogens is 334 g/mol. The van der Waals surface area contributed by atoms with Gasteiger partial charge in [0, 0.05) is 17.7 Å². The van der Waals surface area contributed by atoms with E-state index >= 15 is 0 Å². The standard InChI is InChI=1S/C19H19N3O4/c1-10-17-13(9-14(11-4-5-11)21-19(17)26-22-10)18(23)20-15-8-12(24-2)6-7-16(15)25-3/h6-9,11H,4-5H2,1-3H3,(H,20,23). The van der Waals surface area contributed by atoms with Gasteiger partial charge in [-0.3, -0.25) is 4.79 Å². The number of carbonyl (C=O) groups excluding carboxylic acids is 1. The highest BCUT2D eigenvalue weighted by atomic mass is 16.5. The Morgan fingerprint density at radius 1 is 1.23 bits per heavy atom. The molecule has 0 bridgehead atoms. The van der Waals surface area contributed by atoms with Crippen molar-refractivity contribution >= 4 is 22.7 Å². The maximum absolute atomic E-state index is 13.0. The second kappa shape index (κ2) is 6.33. The molecule has 1 fully saturated rings. The highest BCUT2D eigenvalue weighted by Crippen LogP contribution is 2.40. The summed E-state index contributed by atoms with van der Waals surface area (Å²) in [6.07, 6.45) is 2.16. The van der Waals surface area contributed by atoms with E-state index in [1.165, 1.54) is 0 Å². The lowest BCUT2D eigenvalue weighted by atomic mass is 10.1. The van der Waals surface area contributed by atoms with Gasteiger partial charge in [-0.05, 0) is 38.0 Å². The van der Waals surface area contributed by atoms with Gasteiger partial charge in [0.15, 0.2) is 0 Å². The average molecular weight is 353 g/mol. The van der Waals surface area contributed by atoms with Gasteiger partial charge in [-0.2, -0.15) is 0 Å². The lowest BCUT2D eigenvalue weighted by Crippen LogP contribution is -2.14. The van der Waals surface area contributed by atoms with Crippen molar-refractivity contribution in [2.45, 2.75) is 25.7 Å². The summed E-state index contributed by atoms with van der Waals surface area (Å²) in [5.74, 6) is 1.30. The Kier molecular flexibility index (Phi) is 3.99. The van der Waals surface area contributed by atoms with E-state index in [1.54, 1.807) is 39.3 Å². The van der Waals surface area contributed by atoms with Crippen LogP contribution in [0.5, 0.6) is 11.5 Å². The van der Waals surface area contributed by atoms with Crippen LogP contribution in [0.15, 0.2) is 28.8 Å². The molecule has 0 spiro atoms. The van der Waals surface area contributed by atoms with Crippen molar-refractivity contribution in [2.24, 2.45) is 0 Å². The topological polar surface area (TPSA) is 86.5 Å². The van der Waals surface area contributed by atoms with E-state index in [2.05, 4.69) is 15.5 Å². The van der Waals surface area contributed by atoms with Gasteiger partial charge < -0.3 is 19.3 Å². The number of aryl methyl sites for hydroxylation is 1. The van der Waals surface area contributed by atoms with Crippen LogP contribution in [0.4, 0.5) is 5.69 Å². The van der Waals surface area contributed by atoms with Crippen LogP contribution in [0.1, 0.15) is 40.5 Å². The minimum absolute atomic E-state index is 0.267. The Morgan fingerprint density at radius 3 is 2.73 bits per heavy atom. The molecule has 7 heteroatoms. The summed E-state index contributed by atoms with van der Waals surface area (Å²) in [5, 5.41) is 7.51. The minimum atomic E-state index is -0.267. The van der Waals surface area contributed by atoms with Gasteiger partial charge in [0.1, 0.15) is 11.5 Å². The number of fused-ring (bicyclic) bond motifs is 1. The Hall–Kier alpha value is -3.09.